The Bertz CT molecular complexity index is 140. The maximum Gasteiger partial charge on any atom is 0.0382 e. The lowest BCUT2D eigenvalue weighted by Gasteiger charge is -1.92. The molecule has 1 rings (SSSR count). The molecule has 1 heterocycles. The third kappa shape index (κ3) is 4.18. The lowest BCUT2D eigenvalue weighted by molar-refractivity contribution is 1.39. The number of hydrogen-bond acceptors (Lipinski definition) is 2. The summed E-state index contributed by atoms with van der Waals surface area (Å²) >= 11 is 0. The molecule has 9 heavy (non-hydrogen) atoms. The summed E-state index contributed by atoms with van der Waals surface area (Å²) in [6.07, 6.45) is 5.74. The van der Waals surface area contributed by atoms with Gasteiger partial charge in [0.2, 0.25) is 0 Å². The summed E-state index contributed by atoms with van der Waals surface area (Å²) in [4.78, 5) is 3.78. The van der Waals surface area contributed by atoms with Gasteiger partial charge in [-0.15, -0.1) is 24.8 Å². The van der Waals surface area contributed by atoms with Crippen LogP contribution in [0.1, 0.15) is 6.42 Å². The summed E-state index contributed by atoms with van der Waals surface area (Å²) in [6.45, 7) is 0. The van der Waals surface area contributed by atoms with Crippen molar-refractivity contribution >= 4 is 36.7 Å². The Morgan fingerprint density at radius 1 is 1.44 bits per heavy atom. The highest BCUT2D eigenvalue weighted by atomic mass is 35.5. The topological polar surface area (TPSA) is 36.2 Å². The summed E-state index contributed by atoms with van der Waals surface area (Å²) in [5.41, 5.74) is 0.634. The molecule has 1 N–H and O–H groups in total. The van der Waals surface area contributed by atoms with Crippen molar-refractivity contribution in [2.24, 2.45) is 4.99 Å². The van der Waals surface area contributed by atoms with E-state index in [2.05, 4.69) is 4.99 Å². The van der Waals surface area contributed by atoms with Gasteiger partial charge in [-0.2, -0.15) is 0 Å². The van der Waals surface area contributed by atoms with Crippen LogP contribution in [-0.2, 0) is 0 Å². The molecule has 52 valence electrons. The Morgan fingerprint density at radius 2 is 2.11 bits per heavy atom. The average molecular weight is 167 g/mol. The summed E-state index contributed by atoms with van der Waals surface area (Å²) in [5, 5.41) is 7.01. The zero-order chi connectivity index (χ0) is 5.11. The lowest BCUT2D eigenvalue weighted by Crippen LogP contribution is -1.93. The van der Waals surface area contributed by atoms with Crippen LogP contribution in [0.25, 0.3) is 0 Å². The van der Waals surface area contributed by atoms with Crippen molar-refractivity contribution < 1.29 is 0 Å². The van der Waals surface area contributed by atoms with Crippen LogP contribution in [0.3, 0.4) is 0 Å². The van der Waals surface area contributed by atoms with Crippen molar-refractivity contribution in [3.05, 3.63) is 12.3 Å². The molecule has 1 aliphatic rings. The first kappa shape index (κ1) is 11.5. The summed E-state index contributed by atoms with van der Waals surface area (Å²) in [6, 6.07) is 0. The van der Waals surface area contributed by atoms with Crippen LogP contribution in [0, 0.1) is 5.41 Å². The molecule has 0 radical (unpaired) electrons. The van der Waals surface area contributed by atoms with E-state index in [1.807, 2.05) is 0 Å². The minimum Gasteiger partial charge on any atom is -0.305 e. The molecule has 0 aliphatic carbocycles. The molecule has 0 aromatic carbocycles. The van der Waals surface area contributed by atoms with Crippen LogP contribution >= 0.6 is 24.8 Å². The summed E-state index contributed by atoms with van der Waals surface area (Å²) in [5.74, 6) is 0. The molecule has 2 nitrogen and oxygen atoms in total. The van der Waals surface area contributed by atoms with Crippen LogP contribution in [0.2, 0.25) is 0 Å². The van der Waals surface area contributed by atoms with Gasteiger partial charge in [0, 0.05) is 24.5 Å². The predicted molar refractivity (Wildman–Crippen MR) is 44.5 cm³/mol. The fraction of sp³-hybridized carbons (Fsp3) is 0.200. The highest BCUT2D eigenvalue weighted by Crippen LogP contribution is 1.89. The quantitative estimate of drug-likeness (QED) is 0.571. The van der Waals surface area contributed by atoms with E-state index in [1.54, 1.807) is 18.5 Å². The standard InChI is InChI=1S/C5H6N2.2ClH/c6-5-1-3-7-4-2-5;;/h1,3-4,6H,2H2;2*1H. The molecule has 0 bridgehead atoms. The number of aliphatic imine (C=N–C) groups is 1. The highest BCUT2D eigenvalue weighted by molar-refractivity contribution is 6.02. The second kappa shape index (κ2) is 5.79. The molecule has 0 amide bonds. The first-order chi connectivity index (χ1) is 3.39. The summed E-state index contributed by atoms with van der Waals surface area (Å²) in [7, 11) is 0. The predicted octanol–water partition coefficient (Wildman–Crippen LogP) is 1.84. The molecular formula is C5H8Cl2N2. The zero-order valence-corrected chi connectivity index (χ0v) is 6.34. The zero-order valence-electron chi connectivity index (χ0n) is 4.70. The Labute approximate surface area is 66.4 Å². The maximum absolute atomic E-state index is 7.01. The van der Waals surface area contributed by atoms with Crippen molar-refractivity contribution in [1.82, 2.24) is 0 Å². The van der Waals surface area contributed by atoms with Crippen LogP contribution in [0.5, 0.6) is 0 Å². The normalized spacial score (nSPS) is 14.0. The molecule has 0 unspecified atom stereocenters. The van der Waals surface area contributed by atoms with Gasteiger partial charge in [0.25, 0.3) is 0 Å². The van der Waals surface area contributed by atoms with Gasteiger partial charge in [0.15, 0.2) is 0 Å². The number of nitrogens with one attached hydrogen (secondary N) is 1. The van der Waals surface area contributed by atoms with Crippen LogP contribution in [-0.4, -0.2) is 11.9 Å². The second-order valence-corrected chi connectivity index (χ2v) is 1.38. The van der Waals surface area contributed by atoms with Crippen LogP contribution in [0.15, 0.2) is 17.3 Å². The van der Waals surface area contributed by atoms with E-state index in [0.717, 1.165) is 0 Å². The minimum atomic E-state index is 0. The van der Waals surface area contributed by atoms with E-state index < -0.39 is 0 Å². The van der Waals surface area contributed by atoms with Crippen molar-refractivity contribution in [3.8, 4) is 0 Å². The molecule has 1 aliphatic heterocycles. The van der Waals surface area contributed by atoms with E-state index in [0.29, 0.717) is 12.1 Å². The number of allylic oxidation sites excluding steroid dienone is 1. The van der Waals surface area contributed by atoms with E-state index in [1.165, 1.54) is 0 Å². The van der Waals surface area contributed by atoms with Gasteiger partial charge in [0.05, 0.1) is 0 Å². The van der Waals surface area contributed by atoms with Gasteiger partial charge in [-0.1, -0.05) is 0 Å². The number of halogens is 2. The lowest BCUT2D eigenvalue weighted by atomic mass is 10.2. The molecule has 0 spiro atoms. The van der Waals surface area contributed by atoms with Crippen molar-refractivity contribution in [3.63, 3.8) is 0 Å². The summed E-state index contributed by atoms with van der Waals surface area (Å²) < 4.78 is 0. The Balaban J connectivity index is 0. The molecule has 0 saturated carbocycles. The van der Waals surface area contributed by atoms with E-state index >= 15 is 0 Å². The average Bonchev–Trinajstić information content (AvgIpc) is 1.69. The van der Waals surface area contributed by atoms with Crippen LogP contribution in [0.4, 0.5) is 0 Å². The van der Waals surface area contributed by atoms with Gasteiger partial charge in [-0.25, -0.2) is 0 Å². The van der Waals surface area contributed by atoms with Gasteiger partial charge < -0.3 is 5.41 Å². The third-order valence-electron chi connectivity index (χ3n) is 0.778. The monoisotopic (exact) mass is 166 g/mol. The maximum atomic E-state index is 7.01. The Hall–Kier alpha value is -0.340. The first-order valence-corrected chi connectivity index (χ1v) is 2.15. The minimum absolute atomic E-state index is 0. The van der Waals surface area contributed by atoms with Crippen molar-refractivity contribution in [2.75, 3.05) is 0 Å². The fourth-order valence-electron chi connectivity index (χ4n) is 0.413. The molecule has 0 atom stereocenters. The number of rotatable bonds is 0. The van der Waals surface area contributed by atoms with Gasteiger partial charge >= 0.3 is 0 Å². The van der Waals surface area contributed by atoms with E-state index in [9.17, 15) is 0 Å². The fourth-order valence-corrected chi connectivity index (χ4v) is 0.413. The molecule has 0 fully saturated rings. The molecule has 0 aromatic rings. The smallest absolute Gasteiger partial charge is 0.0382 e. The van der Waals surface area contributed by atoms with Gasteiger partial charge in [0.1, 0.15) is 0 Å². The third-order valence-corrected chi connectivity index (χ3v) is 0.778. The number of nitrogens with zero attached hydrogens (tertiary/aromatic N) is 1. The molecule has 4 heteroatoms. The Morgan fingerprint density at radius 3 is 2.33 bits per heavy atom. The van der Waals surface area contributed by atoms with E-state index in [-0.39, 0.29) is 24.8 Å². The largest absolute Gasteiger partial charge is 0.305 e. The van der Waals surface area contributed by atoms with Crippen molar-refractivity contribution in [2.45, 2.75) is 6.42 Å². The Kier molecular flexibility index (Phi) is 7.37. The van der Waals surface area contributed by atoms with E-state index in [4.69, 9.17) is 5.41 Å². The first-order valence-electron chi connectivity index (χ1n) is 2.15. The number of hydrogen-bond donors (Lipinski definition) is 1. The molecule has 0 saturated heterocycles. The highest BCUT2D eigenvalue weighted by Gasteiger charge is 1.88. The van der Waals surface area contributed by atoms with Gasteiger partial charge in [-0.05, 0) is 6.08 Å². The SMILES string of the molecule is Cl.Cl.N=C1C=CN=CC1. The van der Waals surface area contributed by atoms with Crippen molar-refractivity contribution in [1.29, 1.82) is 5.41 Å². The molecular weight excluding hydrogens is 159 g/mol. The van der Waals surface area contributed by atoms with Gasteiger partial charge in [-0.3, -0.25) is 4.99 Å². The second-order valence-electron chi connectivity index (χ2n) is 1.38. The van der Waals surface area contributed by atoms with Crippen LogP contribution < -0.4 is 0 Å². The molecule has 0 aromatic heterocycles.